The van der Waals surface area contributed by atoms with E-state index in [0.29, 0.717) is 6.42 Å². The molecule has 1 heterocycles. The van der Waals surface area contributed by atoms with Crippen LogP contribution in [0.2, 0.25) is 0 Å². The summed E-state index contributed by atoms with van der Waals surface area (Å²) in [6, 6.07) is 0. The summed E-state index contributed by atoms with van der Waals surface area (Å²) >= 11 is 0. The van der Waals surface area contributed by atoms with Crippen molar-refractivity contribution >= 4 is 15.6 Å². The van der Waals surface area contributed by atoms with Crippen LogP contribution in [-0.2, 0) is 14.5 Å². The fourth-order valence-electron chi connectivity index (χ4n) is 1.06. The SMILES string of the molecule is CC1=CCS(=O)(=NC(=O)C(F)(F)F)CC1. The molecule has 1 unspecified atom stereocenters. The monoisotopic (exact) mass is 241 g/mol. The molecule has 0 saturated carbocycles. The van der Waals surface area contributed by atoms with Crippen LogP contribution in [0.4, 0.5) is 13.2 Å². The molecule has 0 aromatic rings. The zero-order valence-corrected chi connectivity index (χ0v) is 8.82. The van der Waals surface area contributed by atoms with Crippen molar-refractivity contribution in [3.8, 4) is 0 Å². The Hall–Kier alpha value is -0.850. The quantitative estimate of drug-likeness (QED) is 0.608. The first kappa shape index (κ1) is 12.2. The van der Waals surface area contributed by atoms with E-state index in [-0.39, 0.29) is 11.5 Å². The molecule has 0 bridgehead atoms. The van der Waals surface area contributed by atoms with Crippen molar-refractivity contribution in [1.82, 2.24) is 0 Å². The molecule has 0 saturated heterocycles. The van der Waals surface area contributed by atoms with Crippen molar-refractivity contribution in [3.63, 3.8) is 0 Å². The van der Waals surface area contributed by atoms with Crippen molar-refractivity contribution in [1.29, 1.82) is 0 Å². The molecule has 1 aliphatic rings. The van der Waals surface area contributed by atoms with Gasteiger partial charge < -0.3 is 0 Å². The average molecular weight is 241 g/mol. The molecule has 0 aromatic carbocycles. The van der Waals surface area contributed by atoms with Crippen LogP contribution in [-0.4, -0.2) is 27.8 Å². The summed E-state index contributed by atoms with van der Waals surface area (Å²) in [6.45, 7) is 1.80. The van der Waals surface area contributed by atoms with E-state index in [4.69, 9.17) is 0 Å². The number of nitrogens with zero attached hydrogens (tertiary/aromatic N) is 1. The number of allylic oxidation sites excluding steroid dienone is 1. The van der Waals surface area contributed by atoms with E-state index in [1.165, 1.54) is 0 Å². The van der Waals surface area contributed by atoms with E-state index in [9.17, 15) is 22.2 Å². The average Bonchev–Trinajstić information content (AvgIpc) is 2.09. The lowest BCUT2D eigenvalue weighted by Crippen LogP contribution is -2.24. The zero-order chi connectivity index (χ0) is 11.7. The maximum atomic E-state index is 11.9. The number of amides is 1. The molecule has 1 aliphatic heterocycles. The predicted molar refractivity (Wildman–Crippen MR) is 49.7 cm³/mol. The lowest BCUT2D eigenvalue weighted by molar-refractivity contribution is -0.169. The zero-order valence-electron chi connectivity index (χ0n) is 8.00. The van der Waals surface area contributed by atoms with Gasteiger partial charge in [-0.25, -0.2) is 4.21 Å². The second kappa shape index (κ2) is 3.96. The molecule has 7 heteroatoms. The van der Waals surface area contributed by atoms with Crippen molar-refractivity contribution in [2.45, 2.75) is 19.5 Å². The molecule has 0 fully saturated rings. The van der Waals surface area contributed by atoms with Gasteiger partial charge in [-0.3, -0.25) is 4.79 Å². The largest absolute Gasteiger partial charge is 0.474 e. The van der Waals surface area contributed by atoms with Crippen molar-refractivity contribution in [3.05, 3.63) is 11.6 Å². The van der Waals surface area contributed by atoms with Gasteiger partial charge in [0.25, 0.3) is 0 Å². The maximum absolute atomic E-state index is 11.9. The Kier molecular flexibility index (Phi) is 3.22. The first-order chi connectivity index (χ1) is 6.73. The molecule has 1 atom stereocenters. The van der Waals surface area contributed by atoms with Gasteiger partial charge in [0.1, 0.15) is 0 Å². The van der Waals surface area contributed by atoms with Crippen molar-refractivity contribution < 1.29 is 22.2 Å². The molecule has 0 N–H and O–H groups in total. The van der Waals surface area contributed by atoms with Gasteiger partial charge in [-0.05, 0) is 13.3 Å². The Morgan fingerprint density at radius 1 is 1.53 bits per heavy atom. The lowest BCUT2D eigenvalue weighted by atomic mass is 10.2. The molecular weight excluding hydrogens is 231 g/mol. The molecule has 0 aliphatic carbocycles. The summed E-state index contributed by atoms with van der Waals surface area (Å²) < 4.78 is 50.1. The maximum Gasteiger partial charge on any atom is 0.474 e. The lowest BCUT2D eigenvalue weighted by Gasteiger charge is -2.13. The van der Waals surface area contributed by atoms with Crippen LogP contribution < -0.4 is 0 Å². The Morgan fingerprint density at radius 3 is 2.53 bits per heavy atom. The molecule has 1 amide bonds. The van der Waals surface area contributed by atoms with E-state index >= 15 is 0 Å². The molecule has 1 rings (SSSR count). The molecule has 86 valence electrons. The highest BCUT2D eigenvalue weighted by Crippen LogP contribution is 2.20. The number of carbonyl (C=O) groups is 1. The Morgan fingerprint density at radius 2 is 2.13 bits per heavy atom. The third-order valence-corrected chi connectivity index (χ3v) is 4.03. The van der Waals surface area contributed by atoms with Gasteiger partial charge >= 0.3 is 12.1 Å². The second-order valence-corrected chi connectivity index (χ2v) is 5.81. The van der Waals surface area contributed by atoms with Gasteiger partial charge in [0.2, 0.25) is 0 Å². The number of halogens is 3. The number of rotatable bonds is 0. The number of carbonyl (C=O) groups excluding carboxylic acids is 1. The number of hydrogen-bond acceptors (Lipinski definition) is 2. The minimum atomic E-state index is -5.03. The van der Waals surface area contributed by atoms with Crippen LogP contribution in [0.15, 0.2) is 16.0 Å². The number of alkyl halides is 3. The molecule has 3 nitrogen and oxygen atoms in total. The molecule has 0 radical (unpaired) electrons. The van der Waals surface area contributed by atoms with E-state index in [1.54, 1.807) is 13.0 Å². The summed E-state index contributed by atoms with van der Waals surface area (Å²) in [4.78, 5) is 10.5. The van der Waals surface area contributed by atoms with E-state index in [0.717, 1.165) is 5.57 Å². The highest BCUT2D eigenvalue weighted by Gasteiger charge is 2.39. The van der Waals surface area contributed by atoms with Gasteiger partial charge in [0.05, 0.1) is 15.5 Å². The summed E-state index contributed by atoms with van der Waals surface area (Å²) in [6.07, 6.45) is -3.03. The minimum absolute atomic E-state index is 0.0250. The Balaban J connectivity index is 2.94. The fraction of sp³-hybridized carbons (Fsp3) is 0.625. The van der Waals surface area contributed by atoms with Crippen molar-refractivity contribution in [2.75, 3.05) is 11.5 Å². The third kappa shape index (κ3) is 3.33. The van der Waals surface area contributed by atoms with Gasteiger partial charge in [-0.15, -0.1) is 0 Å². The highest BCUT2D eigenvalue weighted by atomic mass is 32.2. The van der Waals surface area contributed by atoms with Gasteiger partial charge in [0.15, 0.2) is 0 Å². The highest BCUT2D eigenvalue weighted by molar-refractivity contribution is 7.94. The molecule has 0 spiro atoms. The van der Waals surface area contributed by atoms with E-state index in [2.05, 4.69) is 4.36 Å². The van der Waals surface area contributed by atoms with Crippen LogP contribution in [0.3, 0.4) is 0 Å². The van der Waals surface area contributed by atoms with E-state index in [1.807, 2.05) is 0 Å². The van der Waals surface area contributed by atoms with Crippen LogP contribution >= 0.6 is 0 Å². The number of hydrogen-bond donors (Lipinski definition) is 0. The molecule has 15 heavy (non-hydrogen) atoms. The van der Waals surface area contributed by atoms with Gasteiger partial charge in [-0.1, -0.05) is 11.6 Å². The normalized spacial score (nSPS) is 27.1. The van der Waals surface area contributed by atoms with Crippen LogP contribution in [0.25, 0.3) is 0 Å². The smallest absolute Gasteiger partial charge is 0.261 e. The second-order valence-electron chi connectivity index (χ2n) is 3.34. The van der Waals surface area contributed by atoms with E-state index < -0.39 is 21.8 Å². The third-order valence-electron chi connectivity index (χ3n) is 2.00. The van der Waals surface area contributed by atoms with Crippen LogP contribution in [0, 0.1) is 0 Å². The molecular formula is C8H10F3NO2S. The first-order valence-corrected chi connectivity index (χ1v) is 6.07. The Bertz CT molecular complexity index is 416. The minimum Gasteiger partial charge on any atom is -0.261 e. The van der Waals surface area contributed by atoms with Gasteiger partial charge in [-0.2, -0.15) is 17.5 Å². The van der Waals surface area contributed by atoms with Crippen molar-refractivity contribution in [2.24, 2.45) is 4.36 Å². The Labute approximate surface area is 85.5 Å². The first-order valence-electron chi connectivity index (χ1n) is 4.22. The summed E-state index contributed by atoms with van der Waals surface area (Å²) in [5, 5.41) is 0. The summed E-state index contributed by atoms with van der Waals surface area (Å²) in [5.74, 6) is -2.29. The van der Waals surface area contributed by atoms with Crippen LogP contribution in [0.1, 0.15) is 13.3 Å². The fourth-order valence-corrected chi connectivity index (χ4v) is 2.99. The van der Waals surface area contributed by atoms with Crippen LogP contribution in [0.5, 0.6) is 0 Å². The predicted octanol–water partition coefficient (Wildman–Crippen LogP) is 1.89. The summed E-state index contributed by atoms with van der Waals surface area (Å²) in [5.41, 5.74) is 0.962. The molecule has 0 aromatic heterocycles. The topological polar surface area (TPSA) is 46.5 Å². The standard InChI is InChI=1S/C8H10F3NO2S/c1-6-2-4-15(14,5-3-6)12-7(13)8(9,10)11/h2H,3-5H2,1H3. The summed E-state index contributed by atoms with van der Waals surface area (Å²) in [7, 11) is -3.03. The van der Waals surface area contributed by atoms with Gasteiger partial charge in [0, 0.05) is 5.75 Å².